The highest BCUT2D eigenvalue weighted by Crippen LogP contribution is 2.38. The van der Waals surface area contributed by atoms with Crippen LogP contribution in [0.5, 0.6) is 0 Å². The zero-order valence-electron chi connectivity index (χ0n) is 10.8. The second-order valence-electron chi connectivity index (χ2n) is 5.78. The standard InChI is InChI=1S/C13H21N3O/c1-12(2)10-16(8-5-13(12,3)17)9-11-14-6-4-7-15-11/h4,6-7,17H,5,8-10H2,1-3H3/t13-/m0/s1. The molecule has 1 aliphatic rings. The van der Waals surface area contributed by atoms with Crippen molar-refractivity contribution in [2.45, 2.75) is 39.3 Å². The van der Waals surface area contributed by atoms with Gasteiger partial charge in [0.05, 0.1) is 12.1 Å². The minimum Gasteiger partial charge on any atom is -0.390 e. The van der Waals surface area contributed by atoms with Crippen LogP contribution in [0.4, 0.5) is 0 Å². The average molecular weight is 235 g/mol. The third-order valence-corrected chi connectivity index (χ3v) is 3.98. The van der Waals surface area contributed by atoms with Crippen molar-refractivity contribution in [3.8, 4) is 0 Å². The maximum atomic E-state index is 10.3. The molecule has 94 valence electrons. The Morgan fingerprint density at radius 2 is 1.94 bits per heavy atom. The lowest BCUT2D eigenvalue weighted by molar-refractivity contribution is -0.107. The van der Waals surface area contributed by atoms with E-state index in [4.69, 9.17) is 0 Å². The first-order valence-corrected chi connectivity index (χ1v) is 6.11. The van der Waals surface area contributed by atoms with Gasteiger partial charge in [-0.3, -0.25) is 4.90 Å². The number of aromatic nitrogens is 2. The number of hydrogen-bond acceptors (Lipinski definition) is 4. The Morgan fingerprint density at radius 1 is 1.29 bits per heavy atom. The van der Waals surface area contributed by atoms with Crippen molar-refractivity contribution >= 4 is 0 Å². The second kappa shape index (κ2) is 4.35. The van der Waals surface area contributed by atoms with Gasteiger partial charge in [-0.05, 0) is 19.4 Å². The van der Waals surface area contributed by atoms with Crippen LogP contribution >= 0.6 is 0 Å². The summed E-state index contributed by atoms with van der Waals surface area (Å²) in [5, 5.41) is 10.3. The van der Waals surface area contributed by atoms with Gasteiger partial charge >= 0.3 is 0 Å². The van der Waals surface area contributed by atoms with E-state index in [0.717, 1.165) is 31.9 Å². The van der Waals surface area contributed by atoms with Crippen molar-refractivity contribution < 1.29 is 5.11 Å². The van der Waals surface area contributed by atoms with Crippen molar-refractivity contribution in [1.82, 2.24) is 14.9 Å². The van der Waals surface area contributed by atoms with Crippen LogP contribution in [-0.2, 0) is 6.54 Å². The van der Waals surface area contributed by atoms with Crippen LogP contribution in [0.3, 0.4) is 0 Å². The summed E-state index contributed by atoms with van der Waals surface area (Å²) in [5.74, 6) is 0.852. The van der Waals surface area contributed by atoms with E-state index in [2.05, 4.69) is 28.7 Å². The van der Waals surface area contributed by atoms with Crippen molar-refractivity contribution in [2.24, 2.45) is 5.41 Å². The molecule has 1 aromatic rings. The minimum atomic E-state index is -0.582. The fourth-order valence-electron chi connectivity index (χ4n) is 2.27. The first-order chi connectivity index (χ1) is 7.91. The van der Waals surface area contributed by atoms with Gasteiger partial charge < -0.3 is 5.11 Å². The monoisotopic (exact) mass is 235 g/mol. The van der Waals surface area contributed by atoms with E-state index in [1.165, 1.54) is 0 Å². The predicted octanol–water partition coefficient (Wildman–Crippen LogP) is 1.46. The highest BCUT2D eigenvalue weighted by Gasteiger charge is 2.43. The van der Waals surface area contributed by atoms with Crippen LogP contribution in [0.25, 0.3) is 0 Å². The molecule has 1 aliphatic heterocycles. The van der Waals surface area contributed by atoms with E-state index in [-0.39, 0.29) is 5.41 Å². The molecule has 17 heavy (non-hydrogen) atoms. The molecule has 0 amide bonds. The normalized spacial score (nSPS) is 29.2. The molecule has 1 N–H and O–H groups in total. The average Bonchev–Trinajstić information content (AvgIpc) is 2.25. The highest BCUT2D eigenvalue weighted by molar-refractivity contribution is 4.98. The molecular weight excluding hydrogens is 214 g/mol. The molecule has 0 aliphatic carbocycles. The van der Waals surface area contributed by atoms with Crippen molar-refractivity contribution in [1.29, 1.82) is 0 Å². The fourth-order valence-corrected chi connectivity index (χ4v) is 2.27. The predicted molar refractivity (Wildman–Crippen MR) is 66.3 cm³/mol. The van der Waals surface area contributed by atoms with E-state index < -0.39 is 5.60 Å². The molecule has 0 radical (unpaired) electrons. The summed E-state index contributed by atoms with van der Waals surface area (Å²) in [7, 11) is 0. The molecule has 2 rings (SSSR count). The molecule has 0 bridgehead atoms. The molecule has 0 unspecified atom stereocenters. The maximum absolute atomic E-state index is 10.3. The number of piperidine rings is 1. The van der Waals surface area contributed by atoms with Crippen LogP contribution in [0.2, 0.25) is 0 Å². The van der Waals surface area contributed by atoms with Gasteiger partial charge in [-0.1, -0.05) is 13.8 Å². The lowest BCUT2D eigenvalue weighted by atomic mass is 9.71. The Kier molecular flexibility index (Phi) is 3.19. The largest absolute Gasteiger partial charge is 0.390 e. The zero-order valence-corrected chi connectivity index (χ0v) is 10.8. The Balaban J connectivity index is 2.02. The summed E-state index contributed by atoms with van der Waals surface area (Å²) < 4.78 is 0. The van der Waals surface area contributed by atoms with Gasteiger partial charge in [0, 0.05) is 30.9 Å². The lowest BCUT2D eigenvalue weighted by Crippen LogP contribution is -2.55. The number of rotatable bonds is 2. The quantitative estimate of drug-likeness (QED) is 0.843. The smallest absolute Gasteiger partial charge is 0.142 e. The van der Waals surface area contributed by atoms with Gasteiger partial charge in [-0.15, -0.1) is 0 Å². The van der Waals surface area contributed by atoms with Gasteiger partial charge in [-0.25, -0.2) is 9.97 Å². The molecule has 1 fully saturated rings. The minimum absolute atomic E-state index is 0.0972. The van der Waals surface area contributed by atoms with Crippen molar-refractivity contribution in [3.05, 3.63) is 24.3 Å². The van der Waals surface area contributed by atoms with E-state index in [1.807, 2.05) is 13.0 Å². The van der Waals surface area contributed by atoms with Crippen molar-refractivity contribution in [3.63, 3.8) is 0 Å². The van der Waals surface area contributed by atoms with Gasteiger partial charge in [-0.2, -0.15) is 0 Å². The molecule has 1 aromatic heterocycles. The highest BCUT2D eigenvalue weighted by atomic mass is 16.3. The van der Waals surface area contributed by atoms with Crippen LogP contribution in [0.15, 0.2) is 18.5 Å². The van der Waals surface area contributed by atoms with Gasteiger partial charge in [0.1, 0.15) is 5.82 Å². The lowest BCUT2D eigenvalue weighted by Gasteiger charge is -2.48. The summed E-state index contributed by atoms with van der Waals surface area (Å²) in [5.41, 5.74) is -0.679. The van der Waals surface area contributed by atoms with Gasteiger partial charge in [0.15, 0.2) is 0 Å². The summed E-state index contributed by atoms with van der Waals surface area (Å²) in [4.78, 5) is 10.8. The Hall–Kier alpha value is -1.00. The molecule has 0 spiro atoms. The SMILES string of the molecule is CC1(C)CN(Cc2ncccn2)CC[C@]1(C)O. The van der Waals surface area contributed by atoms with E-state index >= 15 is 0 Å². The molecule has 2 heterocycles. The van der Waals surface area contributed by atoms with Crippen molar-refractivity contribution in [2.75, 3.05) is 13.1 Å². The molecule has 1 atom stereocenters. The number of aliphatic hydroxyl groups is 1. The molecule has 0 saturated carbocycles. The number of likely N-dealkylation sites (tertiary alicyclic amines) is 1. The summed E-state index contributed by atoms with van der Waals surface area (Å²) in [6.45, 7) is 8.70. The molecule has 4 heteroatoms. The van der Waals surface area contributed by atoms with E-state index in [9.17, 15) is 5.11 Å². The Labute approximate surface area is 103 Å². The van der Waals surface area contributed by atoms with E-state index in [0.29, 0.717) is 0 Å². The van der Waals surface area contributed by atoms with Gasteiger partial charge in [0.25, 0.3) is 0 Å². The third-order valence-electron chi connectivity index (χ3n) is 3.98. The maximum Gasteiger partial charge on any atom is 0.142 e. The fraction of sp³-hybridized carbons (Fsp3) is 0.692. The Bertz CT molecular complexity index is 376. The molecule has 1 saturated heterocycles. The summed E-state index contributed by atoms with van der Waals surface area (Å²) >= 11 is 0. The van der Waals surface area contributed by atoms with Crippen LogP contribution in [0, 0.1) is 5.41 Å². The second-order valence-corrected chi connectivity index (χ2v) is 5.78. The summed E-state index contributed by atoms with van der Waals surface area (Å²) in [6.07, 6.45) is 4.34. The molecule has 0 aromatic carbocycles. The number of hydrogen-bond donors (Lipinski definition) is 1. The first-order valence-electron chi connectivity index (χ1n) is 6.11. The molecule has 4 nitrogen and oxygen atoms in total. The Morgan fingerprint density at radius 3 is 2.53 bits per heavy atom. The first kappa shape index (κ1) is 12.5. The van der Waals surface area contributed by atoms with Crippen LogP contribution < -0.4 is 0 Å². The summed E-state index contributed by atoms with van der Waals surface area (Å²) in [6, 6.07) is 1.83. The topological polar surface area (TPSA) is 49.2 Å². The third kappa shape index (κ3) is 2.64. The van der Waals surface area contributed by atoms with Gasteiger partial charge in [0.2, 0.25) is 0 Å². The molecular formula is C13H21N3O. The van der Waals surface area contributed by atoms with Crippen LogP contribution in [0.1, 0.15) is 33.0 Å². The van der Waals surface area contributed by atoms with Crippen LogP contribution in [-0.4, -0.2) is 38.7 Å². The zero-order chi connectivity index (χ0) is 12.5. The number of nitrogens with zero attached hydrogens (tertiary/aromatic N) is 3. The van der Waals surface area contributed by atoms with E-state index in [1.54, 1.807) is 12.4 Å².